The van der Waals surface area contributed by atoms with Crippen molar-refractivity contribution < 1.29 is 13.3 Å². The molecule has 0 radical (unpaired) electrons. The average Bonchev–Trinajstić information content (AvgIpc) is 2.83. The van der Waals surface area contributed by atoms with Gasteiger partial charge in [0.25, 0.3) is 5.69 Å². The van der Waals surface area contributed by atoms with E-state index in [1.54, 1.807) is 0 Å². The van der Waals surface area contributed by atoms with Crippen LogP contribution in [0.25, 0.3) is 10.9 Å². The van der Waals surface area contributed by atoms with Gasteiger partial charge in [0.05, 0.1) is 28.2 Å². The predicted octanol–water partition coefficient (Wildman–Crippen LogP) is 3.62. The van der Waals surface area contributed by atoms with Crippen molar-refractivity contribution in [2.75, 3.05) is 37.3 Å². The third-order valence-electron chi connectivity index (χ3n) is 6.55. The number of benzene rings is 2. The third kappa shape index (κ3) is 5.11. The average molecular weight is 494 g/mol. The maximum absolute atomic E-state index is 11.9. The van der Waals surface area contributed by atoms with Crippen LogP contribution in [0.2, 0.25) is 0 Å². The highest BCUT2D eigenvalue weighted by Crippen LogP contribution is 2.32. The second-order valence-corrected chi connectivity index (χ2v) is 11.3. The number of fused-ring (bicyclic) bond motifs is 1. The first kappa shape index (κ1) is 24.6. The maximum atomic E-state index is 11.9. The fraction of sp³-hybridized carbons (Fsp3) is 0.360. The standard InChI is InChI=1S/C25H27N5O4S/c1-25(2,17-26)19-6-4-18(5-7-19)14-22-21-15-20(8-9-23(21)27-16-24(22)30(31)32)28-10-12-29(13-11-28)35(3,33)34/h4-9,15-16H,10-14H2,1-3H3. The zero-order chi connectivity index (χ0) is 25.4. The lowest BCUT2D eigenvalue weighted by Gasteiger charge is -2.34. The van der Waals surface area contributed by atoms with Crippen LogP contribution in [0.1, 0.15) is 30.5 Å². The Labute approximate surface area is 204 Å². The normalized spacial score (nSPS) is 15.2. The van der Waals surface area contributed by atoms with Crippen molar-refractivity contribution in [3.8, 4) is 6.07 Å². The molecule has 9 nitrogen and oxygen atoms in total. The lowest BCUT2D eigenvalue weighted by atomic mass is 9.85. The topological polar surface area (TPSA) is 120 Å². The van der Waals surface area contributed by atoms with E-state index in [0.717, 1.165) is 16.8 Å². The summed E-state index contributed by atoms with van der Waals surface area (Å²) in [6.45, 7) is 5.55. The Morgan fingerprint density at radius 1 is 1.11 bits per heavy atom. The smallest absolute Gasteiger partial charge is 0.291 e. The van der Waals surface area contributed by atoms with Crippen LogP contribution in [0.15, 0.2) is 48.7 Å². The molecule has 0 saturated carbocycles. The highest BCUT2D eigenvalue weighted by molar-refractivity contribution is 7.88. The second kappa shape index (κ2) is 9.24. The summed E-state index contributed by atoms with van der Waals surface area (Å²) in [4.78, 5) is 17.8. The van der Waals surface area contributed by atoms with E-state index < -0.39 is 20.4 Å². The minimum Gasteiger partial charge on any atom is -0.369 e. The summed E-state index contributed by atoms with van der Waals surface area (Å²) in [7, 11) is -3.23. The summed E-state index contributed by atoms with van der Waals surface area (Å²) in [6, 6.07) is 15.5. The summed E-state index contributed by atoms with van der Waals surface area (Å²) < 4.78 is 25.1. The molecule has 0 unspecified atom stereocenters. The fourth-order valence-corrected chi connectivity index (χ4v) is 5.18. The van der Waals surface area contributed by atoms with E-state index in [4.69, 9.17) is 0 Å². The molecule has 1 saturated heterocycles. The number of hydrogen-bond acceptors (Lipinski definition) is 7. The second-order valence-electron chi connectivity index (χ2n) is 9.34. The first-order chi connectivity index (χ1) is 16.5. The summed E-state index contributed by atoms with van der Waals surface area (Å²) in [5, 5.41) is 21.9. The molecule has 1 aliphatic heterocycles. The number of nitriles is 1. The highest BCUT2D eigenvalue weighted by atomic mass is 32.2. The predicted molar refractivity (Wildman–Crippen MR) is 135 cm³/mol. The molecule has 35 heavy (non-hydrogen) atoms. The van der Waals surface area contributed by atoms with Crippen molar-refractivity contribution >= 4 is 32.3 Å². The van der Waals surface area contributed by atoms with E-state index in [1.165, 1.54) is 16.8 Å². The Morgan fingerprint density at radius 2 is 1.77 bits per heavy atom. The first-order valence-corrected chi connectivity index (χ1v) is 13.1. The molecule has 4 rings (SSSR count). The maximum Gasteiger partial charge on any atom is 0.291 e. The van der Waals surface area contributed by atoms with E-state index in [0.29, 0.717) is 49.1 Å². The van der Waals surface area contributed by atoms with Gasteiger partial charge in [-0.1, -0.05) is 24.3 Å². The number of piperazine rings is 1. The van der Waals surface area contributed by atoms with E-state index in [9.17, 15) is 23.8 Å². The van der Waals surface area contributed by atoms with Crippen LogP contribution in [-0.4, -0.2) is 55.1 Å². The van der Waals surface area contributed by atoms with Gasteiger partial charge in [0, 0.05) is 49.2 Å². The van der Waals surface area contributed by atoms with Gasteiger partial charge in [0.1, 0.15) is 6.20 Å². The first-order valence-electron chi connectivity index (χ1n) is 11.3. The molecular weight excluding hydrogens is 466 g/mol. The summed E-state index contributed by atoms with van der Waals surface area (Å²) in [5.41, 5.74) is 3.22. The Bertz CT molecular complexity index is 1420. The zero-order valence-corrected chi connectivity index (χ0v) is 20.7. The third-order valence-corrected chi connectivity index (χ3v) is 7.85. The van der Waals surface area contributed by atoms with Gasteiger partial charge in [-0.05, 0) is 43.2 Å². The molecular formula is C25H27N5O4S. The fourth-order valence-electron chi connectivity index (χ4n) is 4.35. The van der Waals surface area contributed by atoms with Crippen LogP contribution in [-0.2, 0) is 21.9 Å². The van der Waals surface area contributed by atoms with Gasteiger partial charge in [-0.2, -0.15) is 9.57 Å². The number of aromatic nitrogens is 1. The van der Waals surface area contributed by atoms with Crippen molar-refractivity contribution in [3.05, 3.63) is 75.5 Å². The summed E-state index contributed by atoms with van der Waals surface area (Å²) >= 11 is 0. The quantitative estimate of drug-likeness (QED) is 0.380. The molecule has 0 spiro atoms. The molecule has 1 aromatic heterocycles. The molecule has 2 aromatic carbocycles. The monoisotopic (exact) mass is 493 g/mol. The molecule has 0 amide bonds. The Morgan fingerprint density at radius 3 is 2.34 bits per heavy atom. The van der Waals surface area contributed by atoms with Crippen LogP contribution in [0.5, 0.6) is 0 Å². The van der Waals surface area contributed by atoms with Crippen LogP contribution >= 0.6 is 0 Å². The van der Waals surface area contributed by atoms with Crippen molar-refractivity contribution in [3.63, 3.8) is 0 Å². The van der Waals surface area contributed by atoms with Crippen molar-refractivity contribution in [1.82, 2.24) is 9.29 Å². The molecule has 10 heteroatoms. The van der Waals surface area contributed by atoms with Crippen molar-refractivity contribution in [1.29, 1.82) is 5.26 Å². The van der Waals surface area contributed by atoms with Gasteiger partial charge in [-0.25, -0.2) is 13.4 Å². The van der Waals surface area contributed by atoms with Crippen LogP contribution in [0.3, 0.4) is 0 Å². The zero-order valence-electron chi connectivity index (χ0n) is 19.9. The van der Waals surface area contributed by atoms with Crippen LogP contribution in [0, 0.1) is 21.4 Å². The largest absolute Gasteiger partial charge is 0.369 e. The molecule has 182 valence electrons. The molecule has 1 aliphatic rings. The highest BCUT2D eigenvalue weighted by Gasteiger charge is 2.25. The van der Waals surface area contributed by atoms with E-state index in [1.807, 2.05) is 56.3 Å². The molecule has 0 N–H and O–H groups in total. The summed E-state index contributed by atoms with van der Waals surface area (Å²) in [5.74, 6) is 0. The van der Waals surface area contributed by atoms with Gasteiger partial charge in [-0.3, -0.25) is 10.1 Å². The summed E-state index contributed by atoms with van der Waals surface area (Å²) in [6.07, 6.45) is 2.85. The molecule has 2 heterocycles. The number of nitro groups is 1. The molecule has 3 aromatic rings. The van der Waals surface area contributed by atoms with Gasteiger partial charge >= 0.3 is 0 Å². The number of nitrogens with zero attached hydrogens (tertiary/aromatic N) is 5. The number of sulfonamides is 1. The number of hydrogen-bond donors (Lipinski definition) is 0. The van der Waals surface area contributed by atoms with Crippen LogP contribution < -0.4 is 4.90 Å². The van der Waals surface area contributed by atoms with E-state index >= 15 is 0 Å². The van der Waals surface area contributed by atoms with Gasteiger partial charge in [0.2, 0.25) is 10.0 Å². The van der Waals surface area contributed by atoms with Crippen molar-refractivity contribution in [2.24, 2.45) is 0 Å². The SMILES string of the molecule is CC(C)(C#N)c1ccc(Cc2c([N+](=O)[O-])cnc3ccc(N4CCN(S(C)(=O)=O)CC4)cc23)cc1. The van der Waals surface area contributed by atoms with Gasteiger partial charge < -0.3 is 4.90 Å². The van der Waals surface area contributed by atoms with Gasteiger partial charge in [-0.15, -0.1) is 0 Å². The van der Waals surface area contributed by atoms with Crippen molar-refractivity contribution in [2.45, 2.75) is 25.7 Å². The number of anilines is 1. The Kier molecular flexibility index (Phi) is 6.49. The van der Waals surface area contributed by atoms with Crippen LogP contribution in [0.4, 0.5) is 11.4 Å². The minimum atomic E-state index is -3.23. The minimum absolute atomic E-state index is 0.0435. The molecule has 0 bridgehead atoms. The number of rotatable bonds is 6. The molecule has 1 fully saturated rings. The molecule has 0 atom stereocenters. The van der Waals surface area contributed by atoms with E-state index in [2.05, 4.69) is 16.0 Å². The molecule has 0 aliphatic carbocycles. The lowest BCUT2D eigenvalue weighted by molar-refractivity contribution is -0.385. The van der Waals surface area contributed by atoms with Gasteiger partial charge in [0.15, 0.2) is 0 Å². The lowest BCUT2D eigenvalue weighted by Crippen LogP contribution is -2.48. The van der Waals surface area contributed by atoms with E-state index in [-0.39, 0.29) is 5.69 Å². The number of pyridine rings is 1. The Hall–Kier alpha value is -3.55. The Balaban J connectivity index is 1.70.